The minimum atomic E-state index is -0.644. The van der Waals surface area contributed by atoms with Crippen molar-refractivity contribution in [2.24, 2.45) is 11.5 Å². The van der Waals surface area contributed by atoms with Crippen molar-refractivity contribution in [1.82, 2.24) is 38.7 Å². The fourth-order valence-electron chi connectivity index (χ4n) is 6.56. The van der Waals surface area contributed by atoms with Crippen molar-refractivity contribution in [2.75, 3.05) is 52.3 Å². The van der Waals surface area contributed by atoms with Gasteiger partial charge in [-0.1, -0.05) is 26.0 Å². The number of aryl methyl sites for hydroxylation is 5. The van der Waals surface area contributed by atoms with Crippen LogP contribution in [0.5, 0.6) is 11.5 Å². The van der Waals surface area contributed by atoms with E-state index in [1.54, 1.807) is 45.3 Å². The standard InChI is InChI=1S/C39H47N11O6.C2H6.CH3NO.2CH4O.CH2O/c1-8-49-29(19-24(4)45-49)36(52)43-38-41-27-17-23(3)18-32(56-16-12-15-54-6)34(27)48(38)14-11-10-13-47-33-28(21-26(35(40)51)22-31(33)55-7)42-39(47)44-37(53)30-20-25(5)46-50(30)9-2;1-2;2-1-3;3*1-2/h10-11,17-22H,8-9,12-16H2,1-7H3,(H2,40,51)(H,41,43,52)(H,42,44,53);1-2H3;1H,(H2,2,3);2*2H,1H3;1H2/b11-10+;;;;;. The van der Waals surface area contributed by atoms with Crippen LogP contribution in [0.3, 0.4) is 0 Å². The van der Waals surface area contributed by atoms with Crippen LogP contribution in [0.4, 0.5) is 11.9 Å². The highest BCUT2D eigenvalue weighted by Gasteiger charge is 2.23. The van der Waals surface area contributed by atoms with Gasteiger partial charge in [0.2, 0.25) is 24.2 Å². The highest BCUT2D eigenvalue weighted by atomic mass is 16.5. The minimum absolute atomic E-state index is 0.210. The first-order chi connectivity index (χ1) is 32.4. The number of rotatable bonds is 17. The number of amides is 4. The van der Waals surface area contributed by atoms with Gasteiger partial charge in [-0.05, 0) is 76.6 Å². The molecular weight excluding hydrogens is 869 g/mol. The second kappa shape index (κ2) is 29.9. The molecule has 0 fully saturated rings. The molecule has 2 aromatic carbocycles. The smallest absolute Gasteiger partial charge is 0.276 e. The van der Waals surface area contributed by atoms with Crippen LogP contribution in [0.15, 0.2) is 48.6 Å². The van der Waals surface area contributed by atoms with Gasteiger partial charge in [0.05, 0.1) is 36.1 Å². The minimum Gasteiger partial charge on any atom is -0.494 e. The van der Waals surface area contributed by atoms with Gasteiger partial charge in [0.1, 0.15) is 40.7 Å². The summed E-state index contributed by atoms with van der Waals surface area (Å²) in [5, 5.41) is 28.8. The molecule has 4 amide bonds. The number of imidazole rings is 2. The third-order valence-corrected chi connectivity index (χ3v) is 9.07. The monoisotopic (exact) mass is 935 g/mol. The maximum Gasteiger partial charge on any atom is 0.276 e. The molecule has 22 heteroatoms. The van der Waals surface area contributed by atoms with Gasteiger partial charge in [-0.25, -0.2) is 9.97 Å². The Kier molecular flexibility index (Phi) is 25.7. The summed E-state index contributed by atoms with van der Waals surface area (Å²) < 4.78 is 24.1. The highest BCUT2D eigenvalue weighted by Crippen LogP contribution is 2.33. The number of primary amides is 2. The van der Waals surface area contributed by atoms with Crippen molar-refractivity contribution in [1.29, 1.82) is 0 Å². The highest BCUT2D eigenvalue weighted by molar-refractivity contribution is 6.05. The molecule has 6 aromatic rings. The van der Waals surface area contributed by atoms with Crippen LogP contribution < -0.4 is 31.6 Å². The molecule has 0 radical (unpaired) electrons. The molecule has 6 rings (SSSR count). The van der Waals surface area contributed by atoms with Gasteiger partial charge in [-0.15, -0.1) is 0 Å². The van der Waals surface area contributed by atoms with E-state index in [9.17, 15) is 14.4 Å². The van der Waals surface area contributed by atoms with Crippen molar-refractivity contribution in [3.05, 3.63) is 82.5 Å². The number of hydrogen-bond acceptors (Lipinski definition) is 14. The van der Waals surface area contributed by atoms with E-state index in [2.05, 4.69) is 26.6 Å². The van der Waals surface area contributed by atoms with E-state index >= 15 is 0 Å². The zero-order valence-electron chi connectivity index (χ0n) is 40.2. The predicted molar refractivity (Wildman–Crippen MR) is 257 cm³/mol. The van der Waals surface area contributed by atoms with Gasteiger partial charge >= 0.3 is 0 Å². The molecule has 0 saturated heterocycles. The number of carbonyl (C=O) groups excluding carboxylic acids is 5. The molecule has 4 heterocycles. The molecule has 0 aliphatic carbocycles. The summed E-state index contributed by atoms with van der Waals surface area (Å²) in [6, 6.07) is 10.4. The lowest BCUT2D eigenvalue weighted by molar-refractivity contribution is -0.107. The number of fused-ring (bicyclic) bond motifs is 2. The fourth-order valence-corrected chi connectivity index (χ4v) is 6.56. The number of nitrogens with two attached hydrogens (primary N) is 2. The largest absolute Gasteiger partial charge is 0.494 e. The van der Waals surface area contributed by atoms with Crippen LogP contribution >= 0.6 is 0 Å². The maximum atomic E-state index is 13.7. The van der Waals surface area contributed by atoms with Crippen LogP contribution in [-0.4, -0.2) is 121 Å². The lowest BCUT2D eigenvalue weighted by atomic mass is 10.1. The summed E-state index contributed by atoms with van der Waals surface area (Å²) in [5.41, 5.74) is 15.5. The third kappa shape index (κ3) is 15.1. The number of aliphatic hydroxyl groups excluding tert-OH is 2. The Morgan fingerprint density at radius 1 is 0.731 bits per heavy atom. The van der Waals surface area contributed by atoms with Crippen molar-refractivity contribution in [3.63, 3.8) is 0 Å². The number of methoxy groups -OCH3 is 2. The molecule has 8 N–H and O–H groups in total. The number of hydrogen-bond donors (Lipinski definition) is 6. The zero-order valence-corrected chi connectivity index (χ0v) is 40.2. The Morgan fingerprint density at radius 2 is 1.18 bits per heavy atom. The summed E-state index contributed by atoms with van der Waals surface area (Å²) in [6.45, 7) is 17.9. The Balaban J connectivity index is 0.00000189. The van der Waals surface area contributed by atoms with Gasteiger partial charge < -0.3 is 49.8 Å². The average molecular weight is 935 g/mol. The van der Waals surface area contributed by atoms with Crippen molar-refractivity contribution in [3.8, 4) is 11.5 Å². The van der Waals surface area contributed by atoms with Crippen LogP contribution in [0.1, 0.15) is 82.4 Å². The number of ether oxygens (including phenoxy) is 3. The first-order valence-corrected chi connectivity index (χ1v) is 21.1. The second-order valence-electron chi connectivity index (χ2n) is 13.3. The quantitative estimate of drug-likeness (QED) is 0.0425. The van der Waals surface area contributed by atoms with Gasteiger partial charge in [-0.2, -0.15) is 10.2 Å². The van der Waals surface area contributed by atoms with Crippen molar-refractivity contribution in [2.45, 2.75) is 81.1 Å². The van der Waals surface area contributed by atoms with Gasteiger partial charge in [-0.3, -0.25) is 39.2 Å². The number of aromatic nitrogens is 8. The summed E-state index contributed by atoms with van der Waals surface area (Å²) in [6.07, 6.45) is 4.76. The van der Waals surface area contributed by atoms with Crippen LogP contribution in [-0.2, 0) is 40.5 Å². The lowest BCUT2D eigenvalue weighted by Crippen LogP contribution is -2.20. The van der Waals surface area contributed by atoms with E-state index in [-0.39, 0.29) is 36.9 Å². The summed E-state index contributed by atoms with van der Waals surface area (Å²) in [7, 11) is 5.13. The normalized spacial score (nSPS) is 10.2. The Bertz CT molecular complexity index is 2540. The van der Waals surface area contributed by atoms with E-state index in [1.165, 1.54) is 7.11 Å². The number of aliphatic hydroxyl groups is 2. The van der Waals surface area contributed by atoms with E-state index in [0.717, 1.165) is 25.5 Å². The Labute approximate surface area is 389 Å². The zero-order chi connectivity index (χ0) is 50.8. The van der Waals surface area contributed by atoms with Gasteiger partial charge in [0, 0.05) is 66.1 Å². The summed E-state index contributed by atoms with van der Waals surface area (Å²) in [5.74, 6) is 0.128. The number of nitrogens with zero attached hydrogens (tertiary/aromatic N) is 8. The number of allylic oxidation sites excluding steroid dienone is 2. The molecule has 0 bridgehead atoms. The van der Waals surface area contributed by atoms with E-state index < -0.39 is 11.8 Å². The lowest BCUT2D eigenvalue weighted by Gasteiger charge is -2.13. The third-order valence-electron chi connectivity index (χ3n) is 9.07. The fraction of sp³-hybridized carbons (Fsp3) is 0.400. The average Bonchev–Trinajstić information content (AvgIpc) is 4.11. The molecule has 22 nitrogen and oxygen atoms in total. The molecule has 0 aliphatic heterocycles. The molecule has 0 spiro atoms. The molecule has 4 aromatic heterocycles. The summed E-state index contributed by atoms with van der Waals surface area (Å²) >= 11 is 0. The number of nitrogens with one attached hydrogen (secondary N) is 2. The molecule has 0 atom stereocenters. The van der Waals surface area contributed by atoms with E-state index in [1.807, 2.05) is 84.1 Å². The SMILES string of the molecule is C=O.CC.CCn1nc(C)cc1C(=O)Nc1nc2cc(C(N)=O)cc(OC)c2n1C/C=C/Cn1c(NC(=O)c2cc(C)nn2CC)nc2cc(C)cc(OCCCOC)c21.CO.CO.NC=O. The summed E-state index contributed by atoms with van der Waals surface area (Å²) in [4.78, 5) is 65.6. The first kappa shape index (κ1) is 57.6. The Hall–Kier alpha value is -7.43. The predicted octanol–water partition coefficient (Wildman–Crippen LogP) is 4.19. The van der Waals surface area contributed by atoms with Crippen molar-refractivity contribution < 1.29 is 48.4 Å². The van der Waals surface area contributed by atoms with E-state index in [0.29, 0.717) is 89.3 Å². The molecule has 0 aliphatic rings. The van der Waals surface area contributed by atoms with E-state index in [4.69, 9.17) is 49.7 Å². The van der Waals surface area contributed by atoms with Gasteiger partial charge in [0.15, 0.2) is 0 Å². The molecule has 67 heavy (non-hydrogen) atoms. The van der Waals surface area contributed by atoms with Crippen LogP contribution in [0.2, 0.25) is 0 Å². The molecule has 0 saturated carbocycles. The van der Waals surface area contributed by atoms with Gasteiger partial charge in [0.25, 0.3) is 11.8 Å². The van der Waals surface area contributed by atoms with Crippen LogP contribution in [0, 0.1) is 20.8 Å². The molecule has 366 valence electrons. The number of carbonyl (C=O) groups is 5. The van der Waals surface area contributed by atoms with Crippen LogP contribution in [0.25, 0.3) is 22.1 Å². The number of anilines is 2. The topological polar surface area (TPSA) is 301 Å². The maximum absolute atomic E-state index is 13.7. The Morgan fingerprint density at radius 3 is 1.60 bits per heavy atom. The first-order valence-electron chi connectivity index (χ1n) is 21.1. The van der Waals surface area contributed by atoms with Crippen molar-refractivity contribution >= 4 is 64.9 Å². The number of benzene rings is 2. The second-order valence-corrected chi connectivity index (χ2v) is 13.3. The molecular formula is C45H66N12O10. The molecule has 0 unspecified atom stereocenters.